The third-order valence-corrected chi connectivity index (χ3v) is 4.36. The maximum Gasteiger partial charge on any atom is 0.348 e. The van der Waals surface area contributed by atoms with Gasteiger partial charge in [0, 0.05) is 24.7 Å². The van der Waals surface area contributed by atoms with Gasteiger partial charge >= 0.3 is 5.97 Å². The standard InChI is InChI=1S/C13H15N3O2S/c17-13(18)11-10(16-8-3-1-2-7-15-16)9-5-4-6-14-12(9)19-11/h4-6,15H,1-3,7-8H2,(H,17,18). The molecule has 0 aliphatic carbocycles. The third-order valence-electron chi connectivity index (χ3n) is 3.27. The number of hydrogen-bond acceptors (Lipinski definition) is 5. The summed E-state index contributed by atoms with van der Waals surface area (Å²) in [6, 6.07) is 3.79. The van der Waals surface area contributed by atoms with E-state index in [1.165, 1.54) is 17.8 Å². The molecule has 0 spiro atoms. The Hall–Kier alpha value is -1.66. The maximum absolute atomic E-state index is 11.4. The van der Waals surface area contributed by atoms with Crippen LogP contribution in [0.5, 0.6) is 0 Å². The van der Waals surface area contributed by atoms with Crippen LogP contribution in [0.15, 0.2) is 18.3 Å². The van der Waals surface area contributed by atoms with Gasteiger partial charge < -0.3 is 10.1 Å². The van der Waals surface area contributed by atoms with Crippen LogP contribution in [-0.2, 0) is 0 Å². The van der Waals surface area contributed by atoms with Gasteiger partial charge in [0.1, 0.15) is 9.71 Å². The molecule has 5 nitrogen and oxygen atoms in total. The monoisotopic (exact) mass is 277 g/mol. The second kappa shape index (κ2) is 5.14. The number of carbonyl (C=O) groups is 1. The summed E-state index contributed by atoms with van der Waals surface area (Å²) < 4.78 is 0. The van der Waals surface area contributed by atoms with Crippen molar-refractivity contribution in [2.24, 2.45) is 0 Å². The van der Waals surface area contributed by atoms with Crippen LogP contribution in [0.4, 0.5) is 5.69 Å². The number of hydrogen-bond donors (Lipinski definition) is 2. The summed E-state index contributed by atoms with van der Waals surface area (Å²) in [5, 5.41) is 12.3. The van der Waals surface area contributed by atoms with Crippen molar-refractivity contribution >= 4 is 33.2 Å². The Bertz CT molecular complexity index is 603. The molecule has 6 heteroatoms. The molecule has 2 aromatic heterocycles. The summed E-state index contributed by atoms with van der Waals surface area (Å²) in [6.45, 7) is 1.72. The van der Waals surface area contributed by atoms with Crippen LogP contribution in [0.2, 0.25) is 0 Å². The molecule has 2 aromatic rings. The lowest BCUT2D eigenvalue weighted by molar-refractivity contribution is 0.0702. The van der Waals surface area contributed by atoms with E-state index < -0.39 is 5.97 Å². The van der Waals surface area contributed by atoms with Crippen LogP contribution in [-0.4, -0.2) is 29.1 Å². The third kappa shape index (κ3) is 2.29. The van der Waals surface area contributed by atoms with Crippen molar-refractivity contribution in [3.05, 3.63) is 23.2 Å². The number of carboxylic acid groups (broad SMARTS) is 1. The van der Waals surface area contributed by atoms with Crippen molar-refractivity contribution in [1.29, 1.82) is 0 Å². The largest absolute Gasteiger partial charge is 0.477 e. The summed E-state index contributed by atoms with van der Waals surface area (Å²) in [6.07, 6.45) is 5.07. The van der Waals surface area contributed by atoms with Crippen LogP contribution in [0, 0.1) is 0 Å². The van der Waals surface area contributed by atoms with E-state index in [9.17, 15) is 9.90 Å². The fraction of sp³-hybridized carbons (Fsp3) is 0.385. The van der Waals surface area contributed by atoms with Gasteiger partial charge in [-0.2, -0.15) is 0 Å². The Balaban J connectivity index is 2.13. The maximum atomic E-state index is 11.4. The van der Waals surface area contributed by atoms with Crippen LogP contribution >= 0.6 is 11.3 Å². The van der Waals surface area contributed by atoms with E-state index >= 15 is 0 Å². The second-order valence-electron chi connectivity index (χ2n) is 4.56. The molecule has 100 valence electrons. The van der Waals surface area contributed by atoms with Gasteiger partial charge in [0.15, 0.2) is 0 Å². The Morgan fingerprint density at radius 1 is 1.42 bits per heavy atom. The highest BCUT2D eigenvalue weighted by Crippen LogP contribution is 2.37. The molecule has 1 fully saturated rings. The molecule has 1 aliphatic rings. The molecule has 0 bridgehead atoms. The molecule has 0 aromatic carbocycles. The first kappa shape index (κ1) is 12.4. The predicted octanol–water partition coefficient (Wildman–Crippen LogP) is 2.49. The van der Waals surface area contributed by atoms with E-state index in [0.717, 1.165) is 41.8 Å². The van der Waals surface area contributed by atoms with Crippen LogP contribution in [0.1, 0.15) is 28.9 Å². The summed E-state index contributed by atoms with van der Waals surface area (Å²) in [5.41, 5.74) is 4.09. The zero-order chi connectivity index (χ0) is 13.2. The summed E-state index contributed by atoms with van der Waals surface area (Å²) >= 11 is 1.24. The minimum absolute atomic E-state index is 0.364. The van der Waals surface area contributed by atoms with Crippen molar-refractivity contribution in [3.63, 3.8) is 0 Å². The molecule has 0 saturated carbocycles. The van der Waals surface area contributed by atoms with Crippen molar-refractivity contribution in [2.45, 2.75) is 19.3 Å². The number of aromatic nitrogens is 1. The average Bonchev–Trinajstić information content (AvgIpc) is 2.60. The molecule has 2 N–H and O–H groups in total. The molecule has 0 amide bonds. The van der Waals surface area contributed by atoms with Crippen molar-refractivity contribution in [1.82, 2.24) is 10.4 Å². The van der Waals surface area contributed by atoms with Crippen molar-refractivity contribution in [3.8, 4) is 0 Å². The molecule has 3 rings (SSSR count). The first-order valence-corrected chi connectivity index (χ1v) is 7.21. The first-order valence-electron chi connectivity index (χ1n) is 6.39. The Morgan fingerprint density at radius 2 is 2.32 bits per heavy atom. The Labute approximate surface area is 114 Å². The van der Waals surface area contributed by atoms with Crippen LogP contribution in [0.25, 0.3) is 10.2 Å². The number of hydrazine groups is 1. The Morgan fingerprint density at radius 3 is 3.16 bits per heavy atom. The van der Waals surface area contributed by atoms with Gasteiger partial charge in [-0.05, 0) is 25.0 Å². The van der Waals surface area contributed by atoms with Gasteiger partial charge in [-0.1, -0.05) is 6.42 Å². The molecule has 0 radical (unpaired) electrons. The summed E-state index contributed by atoms with van der Waals surface area (Å²) in [7, 11) is 0. The average molecular weight is 277 g/mol. The van der Waals surface area contributed by atoms with Crippen LogP contribution in [0.3, 0.4) is 0 Å². The number of nitrogens with zero attached hydrogens (tertiary/aromatic N) is 2. The van der Waals surface area contributed by atoms with Crippen LogP contribution < -0.4 is 10.4 Å². The SMILES string of the molecule is O=C(O)c1sc2ncccc2c1N1CCCCCN1. The molecule has 1 aliphatic heterocycles. The number of fused-ring (bicyclic) bond motifs is 1. The van der Waals surface area contributed by atoms with E-state index in [2.05, 4.69) is 10.4 Å². The molecule has 19 heavy (non-hydrogen) atoms. The summed E-state index contributed by atoms with van der Waals surface area (Å²) in [4.78, 5) is 16.9. The summed E-state index contributed by atoms with van der Waals surface area (Å²) in [5.74, 6) is -0.885. The lowest BCUT2D eigenvalue weighted by Gasteiger charge is -2.23. The highest BCUT2D eigenvalue weighted by atomic mass is 32.1. The van der Waals surface area contributed by atoms with Crippen molar-refractivity contribution in [2.75, 3.05) is 18.1 Å². The number of rotatable bonds is 2. The second-order valence-corrected chi connectivity index (χ2v) is 5.56. The van der Waals surface area contributed by atoms with Gasteiger partial charge in [-0.15, -0.1) is 11.3 Å². The van der Waals surface area contributed by atoms with E-state index in [-0.39, 0.29) is 0 Å². The lowest BCUT2D eigenvalue weighted by atomic mass is 10.2. The minimum atomic E-state index is -0.885. The van der Waals surface area contributed by atoms with Gasteiger partial charge in [0.05, 0.1) is 5.69 Å². The normalized spacial score (nSPS) is 16.5. The number of anilines is 1. The predicted molar refractivity (Wildman–Crippen MR) is 75.8 cm³/mol. The van der Waals surface area contributed by atoms with Crippen molar-refractivity contribution < 1.29 is 9.90 Å². The van der Waals surface area contributed by atoms with E-state index in [1.807, 2.05) is 17.1 Å². The topological polar surface area (TPSA) is 65.5 Å². The van der Waals surface area contributed by atoms with Gasteiger partial charge in [0.25, 0.3) is 0 Å². The molecule has 0 atom stereocenters. The number of nitrogens with one attached hydrogen (secondary N) is 1. The highest BCUT2D eigenvalue weighted by Gasteiger charge is 2.23. The number of carboxylic acids is 1. The molecule has 1 saturated heterocycles. The highest BCUT2D eigenvalue weighted by molar-refractivity contribution is 7.21. The van der Waals surface area contributed by atoms with Gasteiger partial charge in [-0.3, -0.25) is 0 Å². The first-order chi connectivity index (χ1) is 9.27. The van der Waals surface area contributed by atoms with E-state index in [1.54, 1.807) is 6.20 Å². The molecule has 3 heterocycles. The molecular weight excluding hydrogens is 262 g/mol. The molecular formula is C13H15N3O2S. The van der Waals surface area contributed by atoms with Gasteiger partial charge in [-0.25, -0.2) is 15.2 Å². The lowest BCUT2D eigenvalue weighted by Crippen LogP contribution is -2.38. The quantitative estimate of drug-likeness (QED) is 0.883. The number of aromatic carboxylic acids is 1. The number of thiophene rings is 1. The fourth-order valence-corrected chi connectivity index (χ4v) is 3.37. The zero-order valence-corrected chi connectivity index (χ0v) is 11.2. The fourth-order valence-electron chi connectivity index (χ4n) is 2.39. The Kier molecular flexibility index (Phi) is 3.35. The smallest absolute Gasteiger partial charge is 0.348 e. The van der Waals surface area contributed by atoms with E-state index in [0.29, 0.717) is 4.88 Å². The minimum Gasteiger partial charge on any atom is -0.477 e. The number of pyridine rings is 1. The molecule has 0 unspecified atom stereocenters. The van der Waals surface area contributed by atoms with E-state index in [4.69, 9.17) is 0 Å². The zero-order valence-electron chi connectivity index (χ0n) is 10.4. The van der Waals surface area contributed by atoms with Gasteiger partial charge in [0.2, 0.25) is 0 Å².